The van der Waals surface area contributed by atoms with E-state index >= 15 is 0 Å². The lowest BCUT2D eigenvalue weighted by atomic mass is 10.1. The maximum atomic E-state index is 9.72. The summed E-state index contributed by atoms with van der Waals surface area (Å²) in [5.41, 5.74) is 6.88. The molecule has 0 saturated carbocycles. The van der Waals surface area contributed by atoms with Gasteiger partial charge in [0.2, 0.25) is 11.8 Å². The average Bonchev–Trinajstić information content (AvgIpc) is 3.16. The van der Waals surface area contributed by atoms with Crippen molar-refractivity contribution in [3.05, 3.63) is 6.33 Å². The summed E-state index contributed by atoms with van der Waals surface area (Å²) in [5.74, 6) is 0.612. The van der Waals surface area contributed by atoms with E-state index in [9.17, 15) is 4.89 Å². The van der Waals surface area contributed by atoms with E-state index in [1.165, 1.54) is 7.11 Å². The standard InChI is InChI=1S/C14H22N5O5PS/c1-4-22-12-10-11(17-14(15)18-12)19(7-16-10)13-8(2)5-9(24-13)6-23-25(20,26)21-3/h7-9,13H,4-6H2,1-3H3,(H,20,26)(H2,15,17,18)/t8?,9-,13?,25?/m0/s1. The second kappa shape index (κ2) is 7.71. The summed E-state index contributed by atoms with van der Waals surface area (Å²) in [7, 11) is 1.32. The molecule has 1 aliphatic rings. The Morgan fingerprint density at radius 3 is 2.96 bits per heavy atom. The van der Waals surface area contributed by atoms with Gasteiger partial charge in [-0.15, -0.1) is 0 Å². The van der Waals surface area contributed by atoms with E-state index in [2.05, 4.69) is 21.9 Å². The molecule has 26 heavy (non-hydrogen) atoms. The molecule has 1 saturated heterocycles. The maximum Gasteiger partial charge on any atom is 0.324 e. The van der Waals surface area contributed by atoms with Crippen LogP contribution in [0, 0.1) is 5.92 Å². The number of nitrogen functional groups attached to an aromatic ring is 1. The van der Waals surface area contributed by atoms with Gasteiger partial charge in [-0.1, -0.05) is 6.92 Å². The Kier molecular flexibility index (Phi) is 5.75. The van der Waals surface area contributed by atoms with Crippen molar-refractivity contribution in [2.75, 3.05) is 26.1 Å². The molecule has 2 aromatic heterocycles. The molecule has 10 nitrogen and oxygen atoms in total. The topological polar surface area (TPSA) is 127 Å². The van der Waals surface area contributed by atoms with E-state index in [0.717, 1.165) is 6.42 Å². The third kappa shape index (κ3) is 3.98. The minimum Gasteiger partial charge on any atom is -0.476 e. The molecule has 12 heteroatoms. The van der Waals surface area contributed by atoms with Gasteiger partial charge in [0.15, 0.2) is 11.2 Å². The molecule has 3 rings (SSSR count). The SMILES string of the molecule is CCOc1nc(N)nc2c1ncn2C1O[C@H](COP(O)(=S)OC)CC1C. The first-order valence-electron chi connectivity index (χ1n) is 8.16. The molecule has 1 fully saturated rings. The van der Waals surface area contributed by atoms with Gasteiger partial charge >= 0.3 is 6.72 Å². The third-order valence-electron chi connectivity index (χ3n) is 4.07. The minimum absolute atomic E-state index is 0.106. The summed E-state index contributed by atoms with van der Waals surface area (Å²) in [6.45, 7) is 1.30. The number of anilines is 1. The van der Waals surface area contributed by atoms with Crippen LogP contribution in [0.1, 0.15) is 26.5 Å². The third-order valence-corrected chi connectivity index (χ3v) is 5.77. The number of aromatic nitrogens is 4. The van der Waals surface area contributed by atoms with Gasteiger partial charge in [0.1, 0.15) is 6.23 Å². The summed E-state index contributed by atoms with van der Waals surface area (Å²) in [6, 6.07) is 0. The lowest BCUT2D eigenvalue weighted by molar-refractivity contribution is -0.0273. The predicted octanol–water partition coefficient (Wildman–Crippen LogP) is 1.61. The van der Waals surface area contributed by atoms with E-state index < -0.39 is 6.72 Å². The molecular weight excluding hydrogens is 381 g/mol. The molecule has 0 aromatic carbocycles. The van der Waals surface area contributed by atoms with Crippen molar-refractivity contribution in [2.45, 2.75) is 32.6 Å². The number of rotatable bonds is 7. The Balaban J connectivity index is 1.82. The maximum absolute atomic E-state index is 9.72. The summed E-state index contributed by atoms with van der Waals surface area (Å²) >= 11 is 4.84. The molecule has 0 radical (unpaired) electrons. The molecule has 2 aromatic rings. The molecular formula is C14H22N5O5PS. The molecule has 3 unspecified atom stereocenters. The van der Waals surface area contributed by atoms with Crippen LogP contribution >= 0.6 is 6.72 Å². The molecule has 3 N–H and O–H groups in total. The van der Waals surface area contributed by atoms with Crippen LogP contribution in [0.15, 0.2) is 6.33 Å². The average molecular weight is 403 g/mol. The smallest absolute Gasteiger partial charge is 0.324 e. The van der Waals surface area contributed by atoms with Crippen molar-refractivity contribution in [3.63, 3.8) is 0 Å². The van der Waals surface area contributed by atoms with Crippen LogP contribution in [0.3, 0.4) is 0 Å². The lowest BCUT2D eigenvalue weighted by Gasteiger charge is -2.19. The number of nitrogens with two attached hydrogens (primary N) is 1. The molecule has 1 aliphatic heterocycles. The van der Waals surface area contributed by atoms with Crippen molar-refractivity contribution in [2.24, 2.45) is 5.92 Å². The number of fused-ring (bicyclic) bond motifs is 1. The van der Waals surface area contributed by atoms with Crippen molar-refractivity contribution < 1.29 is 23.4 Å². The van der Waals surface area contributed by atoms with Crippen molar-refractivity contribution in [3.8, 4) is 5.88 Å². The van der Waals surface area contributed by atoms with Crippen molar-refractivity contribution in [1.82, 2.24) is 19.5 Å². The minimum atomic E-state index is -3.20. The van der Waals surface area contributed by atoms with E-state index in [1.54, 1.807) is 6.33 Å². The van der Waals surface area contributed by atoms with Gasteiger partial charge in [0.05, 0.1) is 25.6 Å². The first-order valence-corrected chi connectivity index (χ1v) is 10.7. The zero-order chi connectivity index (χ0) is 18.9. The van der Waals surface area contributed by atoms with Gasteiger partial charge in [0.25, 0.3) is 0 Å². The number of imidazole rings is 1. The molecule has 3 heterocycles. The summed E-state index contributed by atoms with van der Waals surface area (Å²) in [4.78, 5) is 22.4. The Morgan fingerprint density at radius 2 is 2.27 bits per heavy atom. The van der Waals surface area contributed by atoms with Crippen molar-refractivity contribution in [1.29, 1.82) is 0 Å². The van der Waals surface area contributed by atoms with Crippen LogP contribution in [-0.4, -0.2) is 50.8 Å². The summed E-state index contributed by atoms with van der Waals surface area (Å²) in [5, 5.41) is 0. The second-order valence-electron chi connectivity index (χ2n) is 5.95. The Labute approximate surface area is 155 Å². The summed E-state index contributed by atoms with van der Waals surface area (Å²) < 4.78 is 23.4. The normalized spacial score (nSPS) is 25.5. The van der Waals surface area contributed by atoms with Crippen LogP contribution < -0.4 is 10.5 Å². The lowest BCUT2D eigenvalue weighted by Crippen LogP contribution is -2.17. The van der Waals surface area contributed by atoms with Gasteiger partial charge in [-0.05, 0) is 25.2 Å². The van der Waals surface area contributed by atoms with Crippen LogP contribution in [0.5, 0.6) is 5.88 Å². The van der Waals surface area contributed by atoms with Gasteiger partial charge in [0, 0.05) is 13.0 Å². The first-order chi connectivity index (χ1) is 12.3. The zero-order valence-electron chi connectivity index (χ0n) is 14.7. The van der Waals surface area contributed by atoms with Crippen LogP contribution in [0.25, 0.3) is 11.2 Å². The van der Waals surface area contributed by atoms with Crippen LogP contribution in [0.2, 0.25) is 0 Å². The second-order valence-corrected chi connectivity index (χ2v) is 8.90. The molecule has 0 aliphatic carbocycles. The Bertz CT molecular complexity index is 833. The van der Waals surface area contributed by atoms with E-state index in [0.29, 0.717) is 23.7 Å². The highest BCUT2D eigenvalue weighted by molar-refractivity contribution is 8.07. The van der Waals surface area contributed by atoms with Gasteiger partial charge < -0.3 is 29.1 Å². The molecule has 0 spiro atoms. The predicted molar refractivity (Wildman–Crippen MR) is 98.1 cm³/mol. The highest BCUT2D eigenvalue weighted by atomic mass is 32.5. The summed E-state index contributed by atoms with van der Waals surface area (Å²) in [6.07, 6.45) is 1.82. The fourth-order valence-corrected chi connectivity index (χ4v) is 3.57. The number of hydrogen-bond acceptors (Lipinski definition) is 9. The molecule has 144 valence electrons. The monoisotopic (exact) mass is 403 g/mol. The van der Waals surface area contributed by atoms with Crippen molar-refractivity contribution >= 4 is 35.6 Å². The van der Waals surface area contributed by atoms with Crippen LogP contribution in [0.4, 0.5) is 5.95 Å². The Hall–Kier alpha value is -1.36. The molecule has 0 amide bonds. The molecule has 0 bridgehead atoms. The number of hydrogen-bond donors (Lipinski definition) is 2. The largest absolute Gasteiger partial charge is 0.476 e. The Morgan fingerprint density at radius 1 is 1.50 bits per heavy atom. The van der Waals surface area contributed by atoms with Gasteiger partial charge in [-0.3, -0.25) is 4.57 Å². The van der Waals surface area contributed by atoms with Gasteiger partial charge in [-0.2, -0.15) is 9.97 Å². The number of nitrogens with zero attached hydrogens (tertiary/aromatic N) is 4. The zero-order valence-corrected chi connectivity index (χ0v) is 16.4. The molecule has 4 atom stereocenters. The first kappa shape index (κ1) is 19.4. The fourth-order valence-electron chi connectivity index (χ4n) is 2.93. The quantitative estimate of drug-likeness (QED) is 0.658. The highest BCUT2D eigenvalue weighted by Gasteiger charge is 2.36. The fraction of sp³-hybridized carbons (Fsp3) is 0.643. The van der Waals surface area contributed by atoms with E-state index in [-0.39, 0.29) is 30.8 Å². The van der Waals surface area contributed by atoms with E-state index in [4.69, 9.17) is 36.1 Å². The van der Waals surface area contributed by atoms with Gasteiger partial charge in [-0.25, -0.2) is 4.98 Å². The highest BCUT2D eigenvalue weighted by Crippen LogP contribution is 2.44. The van der Waals surface area contributed by atoms with Crippen LogP contribution in [-0.2, 0) is 25.6 Å². The van der Waals surface area contributed by atoms with E-state index in [1.807, 2.05) is 11.5 Å². The number of ether oxygens (including phenoxy) is 2.